The summed E-state index contributed by atoms with van der Waals surface area (Å²) in [6.45, 7) is 4.23. The van der Waals surface area contributed by atoms with Crippen LogP contribution in [0.5, 0.6) is 5.75 Å². The zero-order valence-electron chi connectivity index (χ0n) is 18.4. The molecule has 3 aromatic rings. The smallest absolute Gasteiger partial charge is 0.322 e. The van der Waals surface area contributed by atoms with Gasteiger partial charge in [-0.05, 0) is 50.2 Å². The van der Waals surface area contributed by atoms with Crippen molar-refractivity contribution >= 4 is 21.9 Å². The molecule has 33 heavy (non-hydrogen) atoms. The number of rotatable bonds is 6. The number of nitrogens with one attached hydrogen (secondary N) is 1. The number of sulfonamides is 1. The van der Waals surface area contributed by atoms with Gasteiger partial charge in [-0.3, -0.25) is 10.1 Å². The highest BCUT2D eigenvalue weighted by atomic mass is 32.2. The summed E-state index contributed by atoms with van der Waals surface area (Å²) in [6, 6.07) is 12.7. The summed E-state index contributed by atoms with van der Waals surface area (Å²) in [5, 5.41) is 10.3. The fourth-order valence-electron chi connectivity index (χ4n) is 3.63. The molecule has 1 aliphatic rings. The van der Waals surface area contributed by atoms with Crippen LogP contribution in [-0.2, 0) is 14.8 Å². The Hall–Kier alpha value is -3.28. The van der Waals surface area contributed by atoms with Crippen LogP contribution in [0.1, 0.15) is 24.2 Å². The Kier molecular flexibility index (Phi) is 6.45. The van der Waals surface area contributed by atoms with E-state index in [9.17, 15) is 13.2 Å². The molecule has 0 saturated carbocycles. The third-order valence-corrected chi connectivity index (χ3v) is 6.97. The number of methoxy groups -OCH3 is 1. The van der Waals surface area contributed by atoms with Crippen molar-refractivity contribution in [3.63, 3.8) is 0 Å². The van der Waals surface area contributed by atoms with Crippen molar-refractivity contribution < 1.29 is 27.1 Å². The Morgan fingerprint density at radius 2 is 1.73 bits per heavy atom. The van der Waals surface area contributed by atoms with Gasteiger partial charge >= 0.3 is 6.01 Å². The molecule has 0 aliphatic carbocycles. The standard InChI is InChI=1S/C22H24N4O6S/c1-14-12-26(13-15(2)31-14)33(28,29)17-10-8-16(9-11-17)20(27)23-22-25-24-21(32-22)18-6-4-5-7-19(18)30-3/h4-11,14-15H,12-13H2,1-3H3,(H,23,25,27). The van der Waals surface area contributed by atoms with E-state index < -0.39 is 15.9 Å². The van der Waals surface area contributed by atoms with E-state index >= 15 is 0 Å². The first-order valence-corrected chi connectivity index (χ1v) is 11.8. The van der Waals surface area contributed by atoms with Crippen LogP contribution < -0.4 is 10.1 Å². The number of amides is 1. The zero-order chi connectivity index (χ0) is 23.6. The second-order valence-corrected chi connectivity index (χ2v) is 9.61. The lowest BCUT2D eigenvalue weighted by atomic mass is 10.2. The number of hydrogen-bond donors (Lipinski definition) is 1. The highest BCUT2D eigenvalue weighted by Gasteiger charge is 2.32. The van der Waals surface area contributed by atoms with Crippen LogP contribution in [0.2, 0.25) is 0 Å². The highest BCUT2D eigenvalue weighted by Crippen LogP contribution is 2.29. The number of morpholine rings is 1. The minimum atomic E-state index is -3.69. The van der Waals surface area contributed by atoms with Crippen LogP contribution in [0.25, 0.3) is 11.5 Å². The highest BCUT2D eigenvalue weighted by molar-refractivity contribution is 7.89. The Balaban J connectivity index is 1.47. The van der Waals surface area contributed by atoms with Gasteiger partial charge in [-0.15, -0.1) is 5.10 Å². The Labute approximate surface area is 191 Å². The van der Waals surface area contributed by atoms with Crippen LogP contribution in [0.15, 0.2) is 57.8 Å². The molecule has 2 atom stereocenters. The molecule has 0 spiro atoms. The summed E-state index contributed by atoms with van der Waals surface area (Å²) >= 11 is 0. The number of aromatic nitrogens is 2. The molecule has 1 saturated heterocycles. The quantitative estimate of drug-likeness (QED) is 0.581. The van der Waals surface area contributed by atoms with Crippen LogP contribution in [0, 0.1) is 0 Å². The molecule has 10 nitrogen and oxygen atoms in total. The van der Waals surface area contributed by atoms with Gasteiger partial charge in [0.05, 0.1) is 29.8 Å². The number of hydrogen-bond acceptors (Lipinski definition) is 8. The van der Waals surface area contributed by atoms with E-state index in [0.29, 0.717) is 11.3 Å². The lowest BCUT2D eigenvalue weighted by molar-refractivity contribution is -0.0440. The van der Waals surface area contributed by atoms with Crippen LogP contribution >= 0.6 is 0 Å². The Bertz CT molecular complexity index is 1230. The fourth-order valence-corrected chi connectivity index (χ4v) is 5.22. The van der Waals surface area contributed by atoms with E-state index in [0.717, 1.165) is 0 Å². The van der Waals surface area contributed by atoms with E-state index in [2.05, 4.69) is 15.5 Å². The van der Waals surface area contributed by atoms with Gasteiger partial charge in [-0.2, -0.15) is 4.31 Å². The van der Waals surface area contributed by atoms with Crippen molar-refractivity contribution in [3.05, 3.63) is 54.1 Å². The monoisotopic (exact) mass is 472 g/mol. The predicted molar refractivity (Wildman–Crippen MR) is 119 cm³/mol. The molecule has 11 heteroatoms. The Morgan fingerprint density at radius 3 is 2.39 bits per heavy atom. The van der Waals surface area contributed by atoms with E-state index in [4.69, 9.17) is 13.9 Å². The van der Waals surface area contributed by atoms with Crippen molar-refractivity contribution in [2.75, 3.05) is 25.5 Å². The van der Waals surface area contributed by atoms with Crippen LogP contribution in [0.4, 0.5) is 6.01 Å². The van der Waals surface area contributed by atoms with Crippen molar-refractivity contribution in [1.29, 1.82) is 0 Å². The first-order chi connectivity index (χ1) is 15.8. The largest absolute Gasteiger partial charge is 0.496 e. The molecule has 2 heterocycles. The lowest BCUT2D eigenvalue weighted by Crippen LogP contribution is -2.48. The van der Waals surface area contributed by atoms with E-state index in [1.807, 2.05) is 19.9 Å². The average Bonchev–Trinajstić information content (AvgIpc) is 3.26. The summed E-state index contributed by atoms with van der Waals surface area (Å²) in [7, 11) is -2.16. The van der Waals surface area contributed by atoms with Gasteiger partial charge in [-0.1, -0.05) is 17.2 Å². The van der Waals surface area contributed by atoms with Gasteiger partial charge in [0.1, 0.15) is 5.75 Å². The molecular formula is C22H24N4O6S. The minimum absolute atomic E-state index is 0.0890. The molecule has 0 radical (unpaired) electrons. The lowest BCUT2D eigenvalue weighted by Gasteiger charge is -2.34. The number of carbonyl (C=O) groups is 1. The summed E-state index contributed by atoms with van der Waals surface area (Å²) in [6.07, 6.45) is -0.382. The number of carbonyl (C=O) groups excluding carboxylic acids is 1. The second kappa shape index (κ2) is 9.30. The van der Waals surface area contributed by atoms with E-state index in [1.54, 1.807) is 18.2 Å². The van der Waals surface area contributed by atoms with E-state index in [-0.39, 0.29) is 47.7 Å². The minimum Gasteiger partial charge on any atom is -0.496 e. The normalized spacial score (nSPS) is 19.2. The maximum Gasteiger partial charge on any atom is 0.322 e. The summed E-state index contributed by atoms with van der Waals surface area (Å²) in [5.74, 6) is 0.237. The zero-order valence-corrected chi connectivity index (χ0v) is 19.2. The molecular weight excluding hydrogens is 448 g/mol. The Morgan fingerprint density at radius 1 is 1.06 bits per heavy atom. The van der Waals surface area contributed by atoms with Gasteiger partial charge in [-0.25, -0.2) is 8.42 Å². The first-order valence-electron chi connectivity index (χ1n) is 10.3. The maximum absolute atomic E-state index is 13.0. The van der Waals surface area contributed by atoms with Gasteiger partial charge in [0.25, 0.3) is 11.8 Å². The summed E-state index contributed by atoms with van der Waals surface area (Å²) in [4.78, 5) is 12.7. The van der Waals surface area contributed by atoms with Gasteiger partial charge in [0.15, 0.2) is 0 Å². The molecule has 2 unspecified atom stereocenters. The van der Waals surface area contributed by atoms with Gasteiger partial charge in [0.2, 0.25) is 10.0 Å². The number of ether oxygens (including phenoxy) is 2. The predicted octanol–water partition coefficient (Wildman–Crippen LogP) is 2.80. The maximum atomic E-state index is 13.0. The molecule has 174 valence electrons. The number of benzene rings is 2. The molecule has 0 bridgehead atoms. The van der Waals surface area contributed by atoms with E-state index in [1.165, 1.54) is 35.7 Å². The van der Waals surface area contributed by atoms with Crippen molar-refractivity contribution in [2.45, 2.75) is 31.0 Å². The summed E-state index contributed by atoms with van der Waals surface area (Å²) < 4.78 is 43.8. The third-order valence-electron chi connectivity index (χ3n) is 5.12. The second-order valence-electron chi connectivity index (χ2n) is 7.67. The fraction of sp³-hybridized carbons (Fsp3) is 0.318. The van der Waals surface area contributed by atoms with Crippen molar-refractivity contribution in [3.8, 4) is 17.2 Å². The van der Waals surface area contributed by atoms with Crippen LogP contribution in [-0.4, -0.2) is 61.2 Å². The number of anilines is 1. The molecule has 4 rings (SSSR count). The first kappa shape index (κ1) is 22.9. The third kappa shape index (κ3) is 4.90. The molecule has 2 aromatic carbocycles. The topological polar surface area (TPSA) is 124 Å². The van der Waals surface area contributed by atoms with Crippen molar-refractivity contribution in [1.82, 2.24) is 14.5 Å². The number of para-hydroxylation sites is 1. The molecule has 1 fully saturated rings. The molecule has 1 N–H and O–H groups in total. The molecule has 1 aliphatic heterocycles. The van der Waals surface area contributed by atoms with Crippen molar-refractivity contribution in [2.24, 2.45) is 0 Å². The van der Waals surface area contributed by atoms with Crippen LogP contribution in [0.3, 0.4) is 0 Å². The average molecular weight is 473 g/mol. The van der Waals surface area contributed by atoms with Gasteiger partial charge < -0.3 is 13.9 Å². The number of nitrogens with zero attached hydrogens (tertiary/aromatic N) is 3. The molecule has 1 amide bonds. The summed E-state index contributed by atoms with van der Waals surface area (Å²) in [5.41, 5.74) is 0.837. The van der Waals surface area contributed by atoms with Gasteiger partial charge in [0, 0.05) is 18.7 Å². The molecule has 1 aromatic heterocycles. The SMILES string of the molecule is COc1ccccc1-c1nnc(NC(=O)c2ccc(S(=O)(=O)N3CC(C)OC(C)C3)cc2)o1.